The predicted octanol–water partition coefficient (Wildman–Crippen LogP) is 2.85. The molecule has 18 heteroatoms. The lowest BCUT2D eigenvalue weighted by molar-refractivity contribution is -0.127. The quantitative estimate of drug-likeness (QED) is 0.166. The minimum Gasteiger partial charge on any atom is -0.744 e. The van der Waals surface area contributed by atoms with Crippen LogP contribution in [-0.4, -0.2) is 61.4 Å². The van der Waals surface area contributed by atoms with Crippen molar-refractivity contribution in [3.63, 3.8) is 0 Å². The molecule has 2 N–H and O–H groups in total. The Morgan fingerprint density at radius 2 is 0.955 bits per heavy atom. The zero-order valence-corrected chi connectivity index (χ0v) is 24.4. The maximum absolute atomic E-state index is 12.7. The maximum atomic E-state index is 12.7. The molecule has 0 radical (unpaired) electrons. The van der Waals surface area contributed by atoms with Gasteiger partial charge in [0.05, 0.1) is 21.2 Å². The molecule has 0 aliphatic heterocycles. The van der Waals surface area contributed by atoms with E-state index in [0.29, 0.717) is 0 Å². The SMILES string of the molecule is CC(=O)C(N=Nc1cccc(S(=O)(=O)[O-])c1)C(=O)Nc1ccc(NC(=O)C(N=Nc2cccc(S(=O)(=O)[O-])c2)C(C)=O)cc1. The second kappa shape index (κ2) is 14.0. The van der Waals surface area contributed by atoms with Gasteiger partial charge in [-0.1, -0.05) is 12.1 Å². The topological polar surface area (TPSA) is 256 Å². The fraction of sp³-hybridized carbons (Fsp3) is 0.154. The van der Waals surface area contributed by atoms with Crippen LogP contribution in [0.15, 0.2) is 103 Å². The zero-order valence-electron chi connectivity index (χ0n) is 22.8. The molecule has 44 heavy (non-hydrogen) atoms. The summed E-state index contributed by atoms with van der Waals surface area (Å²) in [5.41, 5.74) is 0.219. The Bertz CT molecular complexity index is 1740. The van der Waals surface area contributed by atoms with E-state index in [9.17, 15) is 45.1 Å². The summed E-state index contributed by atoms with van der Waals surface area (Å²) in [7, 11) is -9.51. The molecule has 0 fully saturated rings. The van der Waals surface area contributed by atoms with Crippen LogP contribution >= 0.6 is 0 Å². The van der Waals surface area contributed by atoms with Gasteiger partial charge in [0.25, 0.3) is 11.8 Å². The number of ketones is 2. The molecule has 0 aliphatic carbocycles. The molecule has 0 aliphatic rings. The molecular weight excluding hydrogens is 620 g/mol. The Morgan fingerprint density at radius 1 is 0.614 bits per heavy atom. The number of benzene rings is 3. The van der Waals surface area contributed by atoms with Gasteiger partial charge in [0, 0.05) is 11.4 Å². The van der Waals surface area contributed by atoms with E-state index in [2.05, 4.69) is 31.1 Å². The summed E-state index contributed by atoms with van der Waals surface area (Å²) in [5, 5.41) is 19.6. The Morgan fingerprint density at radius 3 is 1.25 bits per heavy atom. The molecule has 0 spiro atoms. The first-order chi connectivity index (χ1) is 20.5. The summed E-state index contributed by atoms with van der Waals surface area (Å²) in [6.07, 6.45) is 0. The second-order valence-corrected chi connectivity index (χ2v) is 11.7. The van der Waals surface area contributed by atoms with Crippen LogP contribution in [0.3, 0.4) is 0 Å². The number of hydrogen-bond acceptors (Lipinski definition) is 14. The number of amides is 2. The van der Waals surface area contributed by atoms with Crippen molar-refractivity contribution in [2.24, 2.45) is 20.5 Å². The second-order valence-electron chi connectivity index (χ2n) is 8.92. The molecule has 230 valence electrons. The van der Waals surface area contributed by atoms with Gasteiger partial charge in [-0.25, -0.2) is 16.8 Å². The minimum absolute atomic E-state index is 0.0756. The molecular formula is C26H22N6O10S2-2. The number of nitrogens with zero attached hydrogens (tertiary/aromatic N) is 4. The predicted molar refractivity (Wildman–Crippen MR) is 150 cm³/mol. The van der Waals surface area contributed by atoms with Gasteiger partial charge >= 0.3 is 0 Å². The van der Waals surface area contributed by atoms with Crippen molar-refractivity contribution in [1.82, 2.24) is 0 Å². The Kier molecular flexibility index (Phi) is 10.6. The van der Waals surface area contributed by atoms with Gasteiger partial charge in [-0.3, -0.25) is 19.2 Å². The highest BCUT2D eigenvalue weighted by atomic mass is 32.2. The molecule has 2 amide bonds. The van der Waals surface area contributed by atoms with Crippen molar-refractivity contribution >= 4 is 66.4 Å². The molecule has 0 heterocycles. The van der Waals surface area contributed by atoms with Crippen LogP contribution in [0.1, 0.15) is 13.8 Å². The number of rotatable bonds is 12. The van der Waals surface area contributed by atoms with E-state index >= 15 is 0 Å². The van der Waals surface area contributed by atoms with Gasteiger partial charge in [-0.15, -0.1) is 0 Å². The highest BCUT2D eigenvalue weighted by molar-refractivity contribution is 7.86. The normalized spacial score (nSPS) is 13.4. The van der Waals surface area contributed by atoms with Crippen molar-refractivity contribution in [2.45, 2.75) is 35.7 Å². The van der Waals surface area contributed by atoms with Gasteiger partial charge in [-0.2, -0.15) is 20.5 Å². The number of nitrogens with one attached hydrogen (secondary N) is 2. The lowest BCUT2D eigenvalue weighted by Crippen LogP contribution is -2.32. The summed E-state index contributed by atoms with van der Waals surface area (Å²) in [6.45, 7) is 2.18. The van der Waals surface area contributed by atoms with Crippen molar-refractivity contribution in [3.05, 3.63) is 72.8 Å². The van der Waals surface area contributed by atoms with Crippen LogP contribution in [0.4, 0.5) is 22.7 Å². The van der Waals surface area contributed by atoms with E-state index in [-0.39, 0.29) is 22.7 Å². The van der Waals surface area contributed by atoms with E-state index in [4.69, 9.17) is 0 Å². The summed E-state index contributed by atoms with van der Waals surface area (Å²) in [4.78, 5) is 48.3. The Labute approximate surface area is 250 Å². The third-order valence-corrected chi connectivity index (χ3v) is 7.14. The van der Waals surface area contributed by atoms with Gasteiger partial charge in [0.15, 0.2) is 11.6 Å². The molecule has 2 atom stereocenters. The average molecular weight is 643 g/mol. The molecule has 0 aromatic heterocycles. The molecule has 0 bridgehead atoms. The zero-order chi connectivity index (χ0) is 32.7. The monoisotopic (exact) mass is 642 g/mol. The van der Waals surface area contributed by atoms with Crippen molar-refractivity contribution in [2.75, 3.05) is 10.6 Å². The fourth-order valence-electron chi connectivity index (χ4n) is 3.35. The summed E-state index contributed by atoms with van der Waals surface area (Å²) in [6, 6.07) is 11.3. The van der Waals surface area contributed by atoms with Crippen molar-refractivity contribution in [3.8, 4) is 0 Å². The lowest BCUT2D eigenvalue weighted by atomic mass is 10.2. The van der Waals surface area contributed by atoms with Gasteiger partial charge in [0.2, 0.25) is 12.1 Å². The first kappa shape index (κ1) is 33.5. The smallest absolute Gasteiger partial charge is 0.258 e. The molecule has 16 nitrogen and oxygen atoms in total. The van der Waals surface area contributed by atoms with Crippen molar-refractivity contribution in [1.29, 1.82) is 0 Å². The van der Waals surface area contributed by atoms with Crippen LogP contribution in [0.5, 0.6) is 0 Å². The summed E-state index contributed by atoms with van der Waals surface area (Å²) in [5.74, 6) is -3.13. The largest absolute Gasteiger partial charge is 0.744 e. The number of anilines is 2. The van der Waals surface area contributed by atoms with Gasteiger partial charge in [0.1, 0.15) is 20.2 Å². The first-order valence-electron chi connectivity index (χ1n) is 12.2. The van der Waals surface area contributed by atoms with E-state index in [0.717, 1.165) is 38.1 Å². The fourth-order valence-corrected chi connectivity index (χ4v) is 4.37. The van der Waals surface area contributed by atoms with Crippen LogP contribution in [0, 0.1) is 0 Å². The molecule has 3 aromatic rings. The Balaban J connectivity index is 1.68. The van der Waals surface area contributed by atoms with Gasteiger partial charge in [-0.05, 0) is 74.5 Å². The molecule has 3 aromatic carbocycles. The molecule has 0 saturated carbocycles. The van der Waals surface area contributed by atoms with Crippen LogP contribution in [-0.2, 0) is 39.4 Å². The highest BCUT2D eigenvalue weighted by Crippen LogP contribution is 2.21. The third-order valence-electron chi connectivity index (χ3n) is 5.48. The highest BCUT2D eigenvalue weighted by Gasteiger charge is 2.25. The minimum atomic E-state index is -4.76. The van der Waals surface area contributed by atoms with E-state index < -0.39 is 65.5 Å². The number of hydrogen-bond donors (Lipinski definition) is 2. The van der Waals surface area contributed by atoms with Crippen LogP contribution in [0.2, 0.25) is 0 Å². The Hall–Kier alpha value is -5.04. The summed E-state index contributed by atoms with van der Waals surface area (Å²) >= 11 is 0. The average Bonchev–Trinajstić information content (AvgIpc) is 2.93. The standard InChI is InChI=1S/C26H24N6O10S2/c1-15(33)23(31-29-19-5-3-7-21(13-19)43(37,38)39)25(35)27-17-9-11-18(12-10-17)28-26(36)24(16(2)34)32-30-20-6-4-8-22(14-20)44(40,41)42/h3-14,23-24H,1-2H3,(H,27,35)(H,28,36)(H,37,38,39)(H,40,41,42)/p-2. The molecule has 2 unspecified atom stereocenters. The van der Waals surface area contributed by atoms with Crippen LogP contribution in [0.25, 0.3) is 0 Å². The summed E-state index contributed by atoms with van der Waals surface area (Å²) < 4.78 is 67.1. The number of Topliss-reactive ketones (excluding diaryl/α,β-unsaturated/α-hetero) is 2. The van der Waals surface area contributed by atoms with Crippen LogP contribution < -0.4 is 10.6 Å². The van der Waals surface area contributed by atoms with Gasteiger partial charge < -0.3 is 19.7 Å². The number of azo groups is 2. The van der Waals surface area contributed by atoms with E-state index in [1.54, 1.807) is 0 Å². The third kappa shape index (κ3) is 9.49. The maximum Gasteiger partial charge on any atom is 0.258 e. The number of carbonyl (C=O) groups is 4. The lowest BCUT2D eigenvalue weighted by Gasteiger charge is -2.12. The van der Waals surface area contributed by atoms with E-state index in [1.165, 1.54) is 48.5 Å². The van der Waals surface area contributed by atoms with E-state index in [1.807, 2.05) is 0 Å². The molecule has 3 rings (SSSR count). The van der Waals surface area contributed by atoms with Crippen molar-refractivity contribution < 1.29 is 45.1 Å². The first-order valence-corrected chi connectivity index (χ1v) is 15.0. The molecule has 0 saturated heterocycles. The number of carbonyl (C=O) groups excluding carboxylic acids is 4.